The molecule has 2 N–H and O–H groups in total. The summed E-state index contributed by atoms with van der Waals surface area (Å²) in [5.41, 5.74) is 5.49. The molecule has 0 aromatic heterocycles. The van der Waals surface area contributed by atoms with Crippen molar-refractivity contribution in [1.29, 1.82) is 0 Å². The van der Waals surface area contributed by atoms with Crippen molar-refractivity contribution in [3.8, 4) is 0 Å². The number of rotatable bonds is 2. The molecule has 0 aliphatic rings. The smallest absolute Gasteiger partial charge is 0.310 e. The van der Waals surface area contributed by atoms with Gasteiger partial charge in [-0.2, -0.15) is 0 Å². The maximum Gasteiger partial charge on any atom is 0.310 e. The Morgan fingerprint density at radius 3 is 1.60 bits per heavy atom. The monoisotopic (exact) mass is 273 g/mol. The van der Waals surface area contributed by atoms with Gasteiger partial charge >= 0.3 is 10.2 Å². The van der Waals surface area contributed by atoms with Crippen molar-refractivity contribution in [3.63, 3.8) is 0 Å². The largest absolute Gasteiger partial charge is 0.326 e. The number of benzene rings is 1. The summed E-state index contributed by atoms with van der Waals surface area (Å²) < 4.78 is 60.8. The van der Waals surface area contributed by atoms with E-state index >= 15 is 0 Å². The van der Waals surface area contributed by atoms with Gasteiger partial charge in [0.2, 0.25) is 0 Å². The zero-order chi connectivity index (χ0) is 11.1. The average Bonchev–Trinajstić information content (AvgIpc) is 2.01. The van der Waals surface area contributed by atoms with Crippen molar-refractivity contribution >= 4 is 10.2 Å². The van der Waals surface area contributed by atoms with Gasteiger partial charge in [0.25, 0.3) is 0 Å². The van der Waals surface area contributed by atoms with Crippen molar-refractivity contribution in [2.75, 3.05) is 0 Å². The van der Waals surface area contributed by atoms with Crippen LogP contribution in [0.1, 0.15) is 5.56 Å². The van der Waals surface area contributed by atoms with Crippen LogP contribution < -0.4 is 5.73 Å². The van der Waals surface area contributed by atoms with Gasteiger partial charge in [0, 0.05) is 44.3 Å². The minimum absolute atomic E-state index is 0. The Balaban J connectivity index is 0.00000196. The van der Waals surface area contributed by atoms with Crippen LogP contribution in [0.3, 0.4) is 0 Å². The van der Waals surface area contributed by atoms with Gasteiger partial charge in [0.1, 0.15) is 4.90 Å². The van der Waals surface area contributed by atoms with E-state index in [-0.39, 0.29) is 44.3 Å². The number of hydrogen-bond donors (Lipinski definition) is 1. The first-order valence-electron chi connectivity index (χ1n) is 3.56. The molecular weight excluding hydrogens is 265 g/mol. The third-order valence-electron chi connectivity index (χ3n) is 1.60. The van der Waals surface area contributed by atoms with E-state index in [9.17, 15) is 19.4 Å². The molecule has 1 nitrogen and oxygen atoms in total. The summed E-state index contributed by atoms with van der Waals surface area (Å²) >= 11 is 0. The van der Waals surface area contributed by atoms with Gasteiger partial charge in [-0.3, -0.25) is 0 Å². The molecule has 1 aromatic rings. The van der Waals surface area contributed by atoms with Crippen LogP contribution in [-0.4, -0.2) is 0 Å². The van der Waals surface area contributed by atoms with E-state index in [0.717, 1.165) is 12.1 Å². The Kier molecular flexibility index (Phi) is 3.84. The maximum absolute atomic E-state index is 12.2. The fourth-order valence-electron chi connectivity index (χ4n) is 0.883. The standard InChI is InChI=1S/C7H8F5NS.Ar/c8-14(9,10,11,12)7-3-1-6(5-13)2-4-7;/h1-4H,5,13H2;. The summed E-state index contributed by atoms with van der Waals surface area (Å²) in [5.74, 6) is 0. The average molecular weight is 273 g/mol. The van der Waals surface area contributed by atoms with E-state index in [4.69, 9.17) is 5.73 Å². The Morgan fingerprint density at radius 1 is 0.933 bits per heavy atom. The molecule has 0 spiro atoms. The first-order valence-corrected chi connectivity index (χ1v) is 5.51. The van der Waals surface area contributed by atoms with Crippen LogP contribution >= 0.6 is 10.2 Å². The SMILES string of the molecule is NCc1ccc(S(F)(F)(F)(F)F)cc1.[Ar]. The second kappa shape index (κ2) is 3.73. The van der Waals surface area contributed by atoms with Gasteiger partial charge in [-0.25, -0.2) is 0 Å². The zero-order valence-corrected chi connectivity index (χ0v) is 8.77. The molecular formula is C7H8ArF5NS. The van der Waals surface area contributed by atoms with E-state index in [1.165, 1.54) is 0 Å². The molecule has 0 saturated carbocycles. The summed E-state index contributed by atoms with van der Waals surface area (Å²) in [6.07, 6.45) is 0. The molecule has 0 radical (unpaired) electrons. The van der Waals surface area contributed by atoms with E-state index in [1.807, 2.05) is 0 Å². The second-order valence-corrected chi connectivity index (χ2v) is 5.23. The van der Waals surface area contributed by atoms with E-state index in [2.05, 4.69) is 0 Å². The van der Waals surface area contributed by atoms with Gasteiger partial charge in [-0.15, -0.1) is 0 Å². The molecule has 1 rings (SSSR count). The fraction of sp³-hybridized carbons (Fsp3) is 0.143. The summed E-state index contributed by atoms with van der Waals surface area (Å²) in [5, 5.41) is 0. The van der Waals surface area contributed by atoms with Gasteiger partial charge < -0.3 is 5.73 Å². The van der Waals surface area contributed by atoms with Crippen LogP contribution in [0.5, 0.6) is 0 Å². The summed E-state index contributed by atoms with van der Waals surface area (Å²) in [7, 11) is -9.51. The number of halogens is 5. The van der Waals surface area contributed by atoms with E-state index < -0.39 is 15.1 Å². The minimum Gasteiger partial charge on any atom is -0.326 e. The summed E-state index contributed by atoms with van der Waals surface area (Å²) in [6, 6.07) is 2.58. The number of hydrogen-bond acceptors (Lipinski definition) is 1. The Hall–Kier alpha value is 0.440. The molecule has 0 bridgehead atoms. The van der Waals surface area contributed by atoms with Gasteiger partial charge in [0.05, 0.1) is 0 Å². The van der Waals surface area contributed by atoms with Crippen molar-refractivity contribution in [3.05, 3.63) is 29.8 Å². The molecule has 0 aliphatic carbocycles. The fourth-order valence-corrected chi connectivity index (χ4v) is 1.53. The topological polar surface area (TPSA) is 26.0 Å². The van der Waals surface area contributed by atoms with Gasteiger partial charge in [-0.05, 0) is 17.7 Å². The molecule has 0 amide bonds. The first-order chi connectivity index (χ1) is 6.03. The molecule has 0 aliphatic heterocycles. The maximum atomic E-state index is 12.2. The minimum atomic E-state index is -9.51. The molecule has 90 valence electrons. The zero-order valence-electron chi connectivity index (χ0n) is 7.25. The third kappa shape index (κ3) is 4.44. The summed E-state index contributed by atoms with van der Waals surface area (Å²) in [6.45, 7) is 0.0145. The van der Waals surface area contributed by atoms with Crippen LogP contribution in [0.2, 0.25) is 0 Å². The molecule has 0 heterocycles. The molecule has 8 heteroatoms. The molecule has 0 unspecified atom stereocenters. The Morgan fingerprint density at radius 2 is 1.33 bits per heavy atom. The van der Waals surface area contributed by atoms with E-state index in [0.29, 0.717) is 17.7 Å². The van der Waals surface area contributed by atoms with Crippen molar-refractivity contribution in [2.24, 2.45) is 5.73 Å². The van der Waals surface area contributed by atoms with Crippen molar-refractivity contribution in [1.82, 2.24) is 0 Å². The van der Waals surface area contributed by atoms with Crippen LogP contribution in [0.4, 0.5) is 19.4 Å². The predicted octanol–water partition coefficient (Wildman–Crippen LogP) is 3.80. The molecule has 0 saturated heterocycles. The van der Waals surface area contributed by atoms with Crippen LogP contribution in [0.15, 0.2) is 29.2 Å². The van der Waals surface area contributed by atoms with Gasteiger partial charge in [0.15, 0.2) is 0 Å². The summed E-state index contributed by atoms with van der Waals surface area (Å²) in [4.78, 5) is -1.89. The molecule has 0 fully saturated rings. The molecule has 1 aromatic carbocycles. The van der Waals surface area contributed by atoms with Crippen molar-refractivity contribution in [2.45, 2.75) is 11.4 Å². The van der Waals surface area contributed by atoms with Crippen molar-refractivity contribution < 1.29 is 57.2 Å². The third-order valence-corrected chi connectivity index (χ3v) is 2.77. The Bertz CT molecular complexity index is 345. The number of nitrogens with two attached hydrogens (primary N) is 1. The van der Waals surface area contributed by atoms with E-state index in [1.54, 1.807) is 0 Å². The van der Waals surface area contributed by atoms with Crippen LogP contribution in [0.25, 0.3) is 0 Å². The Labute approximate surface area is 114 Å². The molecule has 0 atom stereocenters. The molecule has 15 heavy (non-hydrogen) atoms. The van der Waals surface area contributed by atoms with Gasteiger partial charge in [-0.1, -0.05) is 31.6 Å². The van der Waals surface area contributed by atoms with Crippen LogP contribution in [-0.2, 0) is 6.54 Å². The first kappa shape index (κ1) is 15.4. The predicted molar refractivity (Wildman–Crippen MR) is 45.7 cm³/mol. The second-order valence-electron chi connectivity index (χ2n) is 2.82. The van der Waals surface area contributed by atoms with Crippen LogP contribution in [0, 0.1) is 37.7 Å². The normalized spacial score (nSPS) is 16.1. The quantitative estimate of drug-likeness (QED) is 0.815.